The summed E-state index contributed by atoms with van der Waals surface area (Å²) < 4.78 is 21.0. The van der Waals surface area contributed by atoms with Crippen molar-refractivity contribution in [3.8, 4) is 5.75 Å². The van der Waals surface area contributed by atoms with Crippen LogP contribution < -0.4 is 39.4 Å². The number of fused-ring (bicyclic) bond motifs is 1. The summed E-state index contributed by atoms with van der Waals surface area (Å²) in [7, 11) is 0. The number of carbonyl (C=O) groups is 1. The van der Waals surface area contributed by atoms with E-state index in [1.54, 1.807) is 35.0 Å². The molecule has 0 saturated carbocycles. The largest absolute Gasteiger partial charge is 1.00 e. The van der Waals surface area contributed by atoms with E-state index in [9.17, 15) is 19.4 Å². The van der Waals surface area contributed by atoms with Gasteiger partial charge in [0.05, 0.1) is 30.3 Å². The van der Waals surface area contributed by atoms with Gasteiger partial charge >= 0.3 is 29.6 Å². The van der Waals surface area contributed by atoms with Crippen molar-refractivity contribution in [3.05, 3.63) is 58.2 Å². The van der Waals surface area contributed by atoms with Gasteiger partial charge in [0.1, 0.15) is 18.0 Å². The molecule has 0 aliphatic heterocycles. The number of aromatic nitrogens is 2. The van der Waals surface area contributed by atoms with Crippen LogP contribution in [0.3, 0.4) is 0 Å². The van der Waals surface area contributed by atoms with Gasteiger partial charge in [0.25, 0.3) is 0 Å². The van der Waals surface area contributed by atoms with Crippen LogP contribution in [0.4, 0.5) is 4.39 Å². The van der Waals surface area contributed by atoms with Gasteiger partial charge in [0.2, 0.25) is 0 Å². The predicted molar refractivity (Wildman–Crippen MR) is 101 cm³/mol. The number of halogens is 2. The van der Waals surface area contributed by atoms with Gasteiger partial charge in [-0.1, -0.05) is 23.7 Å². The number of aromatic carboxylic acids is 1. The molecule has 0 saturated heterocycles. The Balaban J connectivity index is 0.00000300. The van der Waals surface area contributed by atoms with Crippen LogP contribution in [0.2, 0.25) is 5.02 Å². The maximum Gasteiger partial charge on any atom is 1.00 e. The van der Waals surface area contributed by atoms with Crippen LogP contribution in [0.1, 0.15) is 35.5 Å². The van der Waals surface area contributed by atoms with Crippen molar-refractivity contribution in [3.63, 3.8) is 0 Å². The Morgan fingerprint density at radius 2 is 2.07 bits per heavy atom. The molecule has 9 heteroatoms. The van der Waals surface area contributed by atoms with Crippen LogP contribution in [0, 0.1) is 0 Å². The molecule has 1 N–H and O–H groups in total. The van der Waals surface area contributed by atoms with E-state index in [1.807, 2.05) is 0 Å². The van der Waals surface area contributed by atoms with E-state index < -0.39 is 18.2 Å². The first kappa shape index (κ1) is 23.6. The molecule has 0 unspecified atom stereocenters. The Morgan fingerprint density at radius 1 is 1.34 bits per heavy atom. The molecule has 0 aliphatic carbocycles. The van der Waals surface area contributed by atoms with Gasteiger partial charge in [-0.3, -0.25) is 4.68 Å². The van der Waals surface area contributed by atoms with E-state index in [4.69, 9.17) is 16.3 Å². The van der Waals surface area contributed by atoms with Gasteiger partial charge in [0, 0.05) is 21.5 Å². The first-order chi connectivity index (χ1) is 13.2. The summed E-state index contributed by atoms with van der Waals surface area (Å²) in [6.45, 7) is 2.45. The third kappa shape index (κ3) is 5.49. The van der Waals surface area contributed by atoms with Crippen molar-refractivity contribution in [2.45, 2.75) is 32.7 Å². The van der Waals surface area contributed by atoms with Crippen LogP contribution in [-0.2, 0) is 13.2 Å². The Bertz CT molecular complexity index is 1030. The van der Waals surface area contributed by atoms with Gasteiger partial charge in [-0.2, -0.15) is 5.10 Å². The minimum Gasteiger partial charge on any atom is -0.545 e. The number of hydrogen-bond acceptors (Lipinski definition) is 5. The molecule has 0 spiro atoms. The van der Waals surface area contributed by atoms with E-state index in [1.165, 1.54) is 19.9 Å². The Kier molecular flexibility index (Phi) is 7.70. The first-order valence-electron chi connectivity index (χ1n) is 8.60. The quantitative estimate of drug-likeness (QED) is 0.523. The zero-order valence-corrected chi connectivity index (χ0v) is 19.2. The van der Waals surface area contributed by atoms with E-state index in [-0.39, 0.29) is 54.0 Å². The number of benzene rings is 2. The maximum atomic E-state index is 13.8. The molecular formula is C20H19ClFN2NaO4. The maximum absolute atomic E-state index is 13.8. The van der Waals surface area contributed by atoms with Crippen LogP contribution >= 0.6 is 11.6 Å². The molecule has 0 bridgehead atoms. The number of alkyl halides is 1. The molecule has 0 atom stereocenters. The molecule has 6 nitrogen and oxygen atoms in total. The number of aliphatic hydroxyl groups excluding tert-OH is 1. The minimum atomic E-state index is -1.51. The van der Waals surface area contributed by atoms with Crippen molar-refractivity contribution in [1.82, 2.24) is 9.78 Å². The summed E-state index contributed by atoms with van der Waals surface area (Å²) in [5.41, 5.74) is -0.173. The van der Waals surface area contributed by atoms with E-state index in [2.05, 4.69) is 5.10 Å². The van der Waals surface area contributed by atoms with Crippen molar-refractivity contribution in [2.24, 2.45) is 0 Å². The average Bonchev–Trinajstić information content (AvgIpc) is 2.98. The number of aliphatic hydroxyl groups is 1. The summed E-state index contributed by atoms with van der Waals surface area (Å²) in [4.78, 5) is 11.4. The van der Waals surface area contributed by atoms with Crippen molar-refractivity contribution in [2.75, 3.05) is 6.61 Å². The van der Waals surface area contributed by atoms with Gasteiger partial charge < -0.3 is 19.7 Å². The Labute approximate surface area is 194 Å². The second-order valence-electron chi connectivity index (χ2n) is 7.01. The monoisotopic (exact) mass is 428 g/mol. The molecule has 29 heavy (non-hydrogen) atoms. The fourth-order valence-electron chi connectivity index (χ4n) is 2.93. The van der Waals surface area contributed by atoms with Crippen LogP contribution in [0.5, 0.6) is 5.75 Å². The number of carboxylic acid groups (broad SMARTS) is 1. The molecule has 148 valence electrons. The molecular weight excluding hydrogens is 410 g/mol. The van der Waals surface area contributed by atoms with Crippen molar-refractivity contribution in [1.29, 1.82) is 0 Å². The van der Waals surface area contributed by atoms with Crippen molar-refractivity contribution >= 4 is 28.5 Å². The van der Waals surface area contributed by atoms with Crippen LogP contribution in [0.25, 0.3) is 10.9 Å². The number of hydrogen-bond donors (Lipinski definition) is 1. The molecule has 2 aromatic carbocycles. The summed E-state index contributed by atoms with van der Waals surface area (Å²) in [5, 5.41) is 26.2. The summed E-state index contributed by atoms with van der Waals surface area (Å²) >= 11 is 6.11. The second-order valence-corrected chi connectivity index (χ2v) is 7.45. The van der Waals surface area contributed by atoms with E-state index in [0.717, 1.165) is 0 Å². The van der Waals surface area contributed by atoms with Crippen molar-refractivity contribution < 1.29 is 53.7 Å². The first-order valence-corrected chi connectivity index (χ1v) is 8.98. The van der Waals surface area contributed by atoms with Gasteiger partial charge in [-0.25, -0.2) is 4.39 Å². The van der Waals surface area contributed by atoms with E-state index >= 15 is 0 Å². The smallest absolute Gasteiger partial charge is 0.545 e. The van der Waals surface area contributed by atoms with Gasteiger partial charge in [-0.05, 0) is 38.1 Å². The third-order valence-corrected chi connectivity index (χ3v) is 4.37. The molecule has 3 aromatic rings. The zero-order valence-electron chi connectivity index (χ0n) is 16.4. The normalized spacial score (nSPS) is 11.3. The third-order valence-electron chi connectivity index (χ3n) is 4.13. The molecule has 0 amide bonds. The SMILES string of the molecule is CC(C)(F)COc1ccc(Cl)cc1Cn1nc(CO)c2c(C(=O)[O-])cccc21.[Na+]. The summed E-state index contributed by atoms with van der Waals surface area (Å²) in [5.74, 6) is -0.905. The Morgan fingerprint density at radius 3 is 2.69 bits per heavy atom. The number of rotatable bonds is 7. The summed E-state index contributed by atoms with van der Waals surface area (Å²) in [6, 6.07) is 9.64. The topological polar surface area (TPSA) is 87.4 Å². The Hall–Kier alpha value is -1.64. The molecule has 3 rings (SSSR count). The fraction of sp³-hybridized carbons (Fsp3) is 0.300. The van der Waals surface area contributed by atoms with Gasteiger partial charge in [0.15, 0.2) is 0 Å². The number of ether oxygens (including phenoxy) is 1. The molecule has 0 fully saturated rings. The minimum absolute atomic E-state index is 0. The predicted octanol–water partition coefficient (Wildman–Crippen LogP) is -0.275. The van der Waals surface area contributed by atoms with Gasteiger partial charge in [-0.15, -0.1) is 0 Å². The second kappa shape index (κ2) is 9.45. The number of carboxylic acids is 1. The molecule has 1 aromatic heterocycles. The number of nitrogens with zero attached hydrogens (tertiary/aromatic N) is 2. The number of carbonyl (C=O) groups excluding carboxylic acids is 1. The van der Waals surface area contributed by atoms with Crippen LogP contribution in [0.15, 0.2) is 36.4 Å². The average molecular weight is 429 g/mol. The van der Waals surface area contributed by atoms with E-state index in [0.29, 0.717) is 27.2 Å². The molecule has 1 heterocycles. The van der Waals surface area contributed by atoms with Crippen LogP contribution in [-0.4, -0.2) is 33.1 Å². The zero-order chi connectivity index (χ0) is 20.5. The summed E-state index contributed by atoms with van der Waals surface area (Å²) in [6.07, 6.45) is 0. The fourth-order valence-corrected chi connectivity index (χ4v) is 3.13. The molecule has 0 radical (unpaired) electrons. The standard InChI is InChI=1S/C20H20ClFN2O4.Na/c1-20(2,22)11-28-17-7-6-13(21)8-12(17)9-24-16-5-3-4-14(19(26)27)18(16)15(10-25)23-24;/h3-8,25H,9-11H2,1-2H3,(H,26,27);/q;+1/p-1. The molecule has 0 aliphatic rings.